The Labute approximate surface area is 86.4 Å². The molecule has 0 amide bonds. The number of hydrogen-bond acceptors (Lipinski definition) is 0. The normalized spacial score (nSPS) is 11.2. The van der Waals surface area contributed by atoms with Crippen molar-refractivity contribution in [3.8, 4) is 0 Å². The van der Waals surface area contributed by atoms with Crippen LogP contribution in [0.4, 0.5) is 0 Å². The third-order valence-corrected chi connectivity index (χ3v) is 2.54. The molecule has 0 spiro atoms. The van der Waals surface area contributed by atoms with Crippen LogP contribution in [0.2, 0.25) is 0 Å². The molecule has 0 aliphatic rings. The second-order valence-corrected chi connectivity index (χ2v) is 3.95. The zero-order valence-corrected chi connectivity index (χ0v) is 9.86. The van der Waals surface area contributed by atoms with Gasteiger partial charge in [0, 0.05) is 0 Å². The predicted molar refractivity (Wildman–Crippen MR) is 63.3 cm³/mol. The van der Waals surface area contributed by atoms with Gasteiger partial charge in [-0.25, -0.2) is 0 Å². The zero-order chi connectivity index (χ0) is 9.78. The summed E-state index contributed by atoms with van der Waals surface area (Å²) in [5, 5.41) is 0. The van der Waals surface area contributed by atoms with Gasteiger partial charge < -0.3 is 0 Å². The van der Waals surface area contributed by atoms with Gasteiger partial charge in [0.1, 0.15) is 0 Å². The van der Waals surface area contributed by atoms with Crippen molar-refractivity contribution in [1.82, 2.24) is 0 Å². The van der Waals surface area contributed by atoms with Gasteiger partial charge in [-0.15, -0.1) is 0 Å². The highest BCUT2D eigenvalue weighted by atomic mass is 31.0. The molecule has 0 aromatic carbocycles. The molecule has 0 unspecified atom stereocenters. The third-order valence-electron chi connectivity index (χ3n) is 2.33. The molecule has 2 radical (unpaired) electrons. The molecule has 0 aliphatic heterocycles. The van der Waals surface area contributed by atoms with Crippen molar-refractivity contribution in [2.24, 2.45) is 0 Å². The van der Waals surface area contributed by atoms with Crippen LogP contribution in [-0.4, -0.2) is 0 Å². The van der Waals surface area contributed by atoms with E-state index >= 15 is 0 Å². The number of unbranched alkanes of at least 4 members (excludes halogenated alkanes) is 8. The summed E-state index contributed by atoms with van der Waals surface area (Å²) in [6.07, 6.45) is 14.6. The van der Waals surface area contributed by atoms with Crippen LogP contribution in [0.15, 0.2) is 11.9 Å². The quantitative estimate of drug-likeness (QED) is 0.342. The van der Waals surface area contributed by atoms with Crippen molar-refractivity contribution < 1.29 is 0 Å². The minimum Gasteiger partial charge on any atom is -0.0834 e. The van der Waals surface area contributed by atoms with Gasteiger partial charge in [-0.1, -0.05) is 63.8 Å². The van der Waals surface area contributed by atoms with Crippen LogP contribution in [0.1, 0.15) is 64.7 Å². The first-order chi connectivity index (χ1) is 6.41. The molecular formula is C12H23P. The molecule has 0 aromatic heterocycles. The van der Waals surface area contributed by atoms with E-state index in [9.17, 15) is 0 Å². The highest BCUT2D eigenvalue weighted by molar-refractivity contribution is 7.20. The van der Waals surface area contributed by atoms with Crippen LogP contribution < -0.4 is 0 Å². The Kier molecular flexibility index (Phi) is 12.3. The molecule has 76 valence electrons. The van der Waals surface area contributed by atoms with Crippen molar-refractivity contribution in [3.63, 3.8) is 0 Å². The van der Waals surface area contributed by atoms with Gasteiger partial charge in [-0.2, -0.15) is 0 Å². The molecule has 0 saturated carbocycles. The molecule has 0 nitrogen and oxygen atoms in total. The molecule has 1 heteroatoms. The molecule has 0 aliphatic carbocycles. The van der Waals surface area contributed by atoms with Crippen molar-refractivity contribution in [2.75, 3.05) is 0 Å². The van der Waals surface area contributed by atoms with E-state index in [0.29, 0.717) is 0 Å². The third kappa shape index (κ3) is 12.2. The first kappa shape index (κ1) is 13.2. The fraction of sp³-hybridized carbons (Fsp3) is 0.833. The summed E-state index contributed by atoms with van der Waals surface area (Å²) < 4.78 is 0. The summed E-state index contributed by atoms with van der Waals surface area (Å²) in [5.74, 6) is 1.85. The monoisotopic (exact) mass is 198 g/mol. The van der Waals surface area contributed by atoms with Gasteiger partial charge in [0.25, 0.3) is 0 Å². The number of rotatable bonds is 9. The average Bonchev–Trinajstić information content (AvgIpc) is 2.16. The van der Waals surface area contributed by atoms with Crippen molar-refractivity contribution in [3.05, 3.63) is 11.9 Å². The van der Waals surface area contributed by atoms with Crippen molar-refractivity contribution in [2.45, 2.75) is 64.7 Å². The number of hydrogen-bond donors (Lipinski definition) is 0. The van der Waals surface area contributed by atoms with E-state index < -0.39 is 0 Å². The summed E-state index contributed by atoms with van der Waals surface area (Å²) in [6, 6.07) is 0. The molecular weight excluding hydrogens is 175 g/mol. The maximum atomic E-state index is 4.02. The first-order valence-corrected chi connectivity index (χ1v) is 6.22. The molecule has 13 heavy (non-hydrogen) atoms. The van der Waals surface area contributed by atoms with E-state index in [4.69, 9.17) is 0 Å². The van der Waals surface area contributed by atoms with Gasteiger partial charge in [0.05, 0.1) is 0 Å². The lowest BCUT2D eigenvalue weighted by molar-refractivity contribution is 0.578. The van der Waals surface area contributed by atoms with Crippen LogP contribution in [0, 0.1) is 0 Å². The van der Waals surface area contributed by atoms with E-state index in [1.54, 1.807) is 0 Å². The van der Waals surface area contributed by atoms with Gasteiger partial charge >= 0.3 is 0 Å². The van der Waals surface area contributed by atoms with E-state index in [1.807, 2.05) is 5.82 Å². The van der Waals surface area contributed by atoms with Gasteiger partial charge in [0.15, 0.2) is 0 Å². The van der Waals surface area contributed by atoms with E-state index in [0.717, 1.165) is 0 Å². The summed E-state index contributed by atoms with van der Waals surface area (Å²) in [6.45, 7) is 2.27. The molecule has 0 heterocycles. The molecule has 0 aromatic rings. The maximum Gasteiger partial charge on any atom is -0.0146 e. The Morgan fingerprint density at radius 3 is 1.92 bits per heavy atom. The fourth-order valence-corrected chi connectivity index (χ4v) is 1.62. The van der Waals surface area contributed by atoms with Gasteiger partial charge in [0.2, 0.25) is 0 Å². The average molecular weight is 198 g/mol. The van der Waals surface area contributed by atoms with E-state index in [1.165, 1.54) is 57.8 Å². The molecule has 0 atom stereocenters. The van der Waals surface area contributed by atoms with Crippen LogP contribution >= 0.6 is 9.24 Å². The lowest BCUT2D eigenvalue weighted by Crippen LogP contribution is -1.79. The van der Waals surface area contributed by atoms with Gasteiger partial charge in [-0.05, 0) is 22.1 Å². The minimum atomic E-state index is 1.21. The zero-order valence-electron chi connectivity index (χ0n) is 8.97. The lowest BCUT2D eigenvalue weighted by Gasteiger charge is -1.99. The van der Waals surface area contributed by atoms with E-state index in [2.05, 4.69) is 22.2 Å². The van der Waals surface area contributed by atoms with Gasteiger partial charge in [-0.3, -0.25) is 0 Å². The predicted octanol–water partition coefficient (Wildman–Crippen LogP) is 5.44. The summed E-state index contributed by atoms with van der Waals surface area (Å²) in [7, 11) is 4.02. The topological polar surface area (TPSA) is 0 Å². The largest absolute Gasteiger partial charge is 0.0834 e. The number of allylic oxidation sites excluding steroid dienone is 1. The van der Waals surface area contributed by atoms with E-state index in [-0.39, 0.29) is 0 Å². The molecule has 0 N–H and O–H groups in total. The second kappa shape index (κ2) is 12.2. The first-order valence-electron chi connectivity index (χ1n) is 5.71. The summed E-state index contributed by atoms with van der Waals surface area (Å²) in [5.41, 5.74) is 0. The summed E-state index contributed by atoms with van der Waals surface area (Å²) >= 11 is 0. The highest BCUT2D eigenvalue weighted by Crippen LogP contribution is 2.09. The van der Waals surface area contributed by atoms with Crippen LogP contribution in [0.3, 0.4) is 0 Å². The van der Waals surface area contributed by atoms with Crippen molar-refractivity contribution in [1.29, 1.82) is 0 Å². The minimum absolute atomic E-state index is 1.21. The van der Waals surface area contributed by atoms with Crippen LogP contribution in [0.5, 0.6) is 0 Å². The highest BCUT2D eigenvalue weighted by Gasteiger charge is 1.89. The Bertz CT molecular complexity index is 108. The Balaban J connectivity index is 2.83. The molecule has 0 saturated heterocycles. The fourth-order valence-electron chi connectivity index (χ4n) is 1.47. The second-order valence-electron chi connectivity index (χ2n) is 3.65. The maximum absolute atomic E-state index is 4.02. The molecule has 0 bridgehead atoms. The summed E-state index contributed by atoms with van der Waals surface area (Å²) in [4.78, 5) is 0. The Hall–Kier alpha value is 0.170. The SMILES string of the molecule is CCCCCCCCCCC=C[P]. The standard InChI is InChI=1S/C12H23P/c1-2-3-4-5-6-7-8-9-10-11-12-13/h11-12H,2-10H2,1H3. The molecule has 0 rings (SSSR count). The van der Waals surface area contributed by atoms with Crippen LogP contribution in [-0.2, 0) is 0 Å². The Morgan fingerprint density at radius 1 is 0.846 bits per heavy atom. The van der Waals surface area contributed by atoms with Crippen LogP contribution in [0.25, 0.3) is 0 Å². The smallest absolute Gasteiger partial charge is 0.0146 e. The van der Waals surface area contributed by atoms with Crippen molar-refractivity contribution >= 4 is 9.24 Å². The lowest BCUT2D eigenvalue weighted by atomic mass is 10.1. The molecule has 0 fully saturated rings. The Morgan fingerprint density at radius 2 is 1.38 bits per heavy atom.